The molecule has 0 atom stereocenters. The summed E-state index contributed by atoms with van der Waals surface area (Å²) in [5.74, 6) is -0.168. The average Bonchev–Trinajstić information content (AvgIpc) is 2.64. The van der Waals surface area contributed by atoms with E-state index in [9.17, 15) is 12.8 Å². The lowest BCUT2D eigenvalue weighted by atomic mass is 10.2. The van der Waals surface area contributed by atoms with E-state index in [1.54, 1.807) is 30.3 Å². The van der Waals surface area contributed by atoms with E-state index in [2.05, 4.69) is 20.0 Å². The number of hydrogen-bond acceptors (Lipinski definition) is 6. The highest BCUT2D eigenvalue weighted by molar-refractivity contribution is 7.90. The summed E-state index contributed by atoms with van der Waals surface area (Å²) in [6.07, 6.45) is 0. The molecule has 0 radical (unpaired) electrons. The van der Waals surface area contributed by atoms with Crippen LogP contribution < -0.4 is 15.4 Å². The second kappa shape index (κ2) is 7.10. The Morgan fingerprint density at radius 1 is 1.00 bits per heavy atom. The first kappa shape index (κ1) is 18.2. The van der Waals surface area contributed by atoms with Crippen molar-refractivity contribution in [1.82, 2.24) is 4.98 Å². The zero-order valence-corrected chi connectivity index (χ0v) is 15.6. The molecule has 7 nitrogen and oxygen atoms in total. The van der Waals surface area contributed by atoms with Crippen LogP contribution in [0.5, 0.6) is 11.5 Å². The third-order valence-corrected chi connectivity index (χ3v) is 5.37. The highest BCUT2D eigenvalue weighted by Gasteiger charge is 2.28. The number of anilines is 2. The van der Waals surface area contributed by atoms with Gasteiger partial charge in [-0.25, -0.2) is 4.98 Å². The van der Waals surface area contributed by atoms with Crippen LogP contribution in [0, 0.1) is 5.95 Å². The maximum absolute atomic E-state index is 13.3. The largest absolute Gasteiger partial charge is 0.454 e. The van der Waals surface area contributed by atoms with Gasteiger partial charge in [0.1, 0.15) is 22.2 Å². The van der Waals surface area contributed by atoms with Gasteiger partial charge >= 0.3 is 0 Å². The number of fused-ring (bicyclic) bond motifs is 1. The number of hydrogen-bond donors (Lipinski definition) is 2. The molecule has 142 valence electrons. The summed E-state index contributed by atoms with van der Waals surface area (Å²) < 4.78 is 47.9. The van der Waals surface area contributed by atoms with Crippen LogP contribution in [0.1, 0.15) is 0 Å². The Labute approximate surface area is 164 Å². The number of pyridine rings is 1. The molecule has 0 saturated carbocycles. The maximum Gasteiger partial charge on any atom is 0.287 e. The van der Waals surface area contributed by atoms with Crippen LogP contribution in [0.25, 0.3) is 0 Å². The number of para-hydroxylation sites is 2. The summed E-state index contributed by atoms with van der Waals surface area (Å²) in [5.41, 5.74) is 0.177. The van der Waals surface area contributed by atoms with Gasteiger partial charge in [0, 0.05) is 0 Å². The van der Waals surface area contributed by atoms with Crippen LogP contribution in [0.4, 0.5) is 15.9 Å². The number of guanidine groups is 1. The van der Waals surface area contributed by atoms with Crippen LogP contribution in [0.15, 0.2) is 70.0 Å². The second-order valence-electron chi connectivity index (χ2n) is 5.67. The number of aromatic nitrogens is 1. The van der Waals surface area contributed by atoms with Crippen LogP contribution >= 0.6 is 11.6 Å². The molecule has 0 bridgehead atoms. The Kier molecular flexibility index (Phi) is 4.62. The minimum absolute atomic E-state index is 0.0604. The number of ether oxygens (including phenoxy) is 1. The van der Waals surface area contributed by atoms with E-state index in [4.69, 9.17) is 16.3 Å². The first-order chi connectivity index (χ1) is 13.4. The predicted molar refractivity (Wildman–Crippen MR) is 104 cm³/mol. The summed E-state index contributed by atoms with van der Waals surface area (Å²) >= 11 is 6.12. The van der Waals surface area contributed by atoms with Crippen molar-refractivity contribution in [2.75, 3.05) is 10.6 Å². The lowest BCUT2D eigenvalue weighted by Crippen LogP contribution is -2.28. The molecular formula is C18H12ClFN4O3S. The average molecular weight is 419 g/mol. The molecule has 0 unspecified atom stereocenters. The topological polar surface area (TPSA) is 92.7 Å². The SMILES string of the molecule is O=S1(=O)N=C(Nc2cccc(F)n2)Nc2c(Oc3ccccc3Cl)cccc21. The molecule has 0 amide bonds. The molecule has 0 aliphatic carbocycles. The molecule has 1 aliphatic heterocycles. The fraction of sp³-hybridized carbons (Fsp3) is 0. The number of benzene rings is 2. The first-order valence-corrected chi connectivity index (χ1v) is 9.81. The molecule has 2 N–H and O–H groups in total. The summed E-state index contributed by atoms with van der Waals surface area (Å²) in [6, 6.07) is 15.4. The molecule has 1 aliphatic rings. The highest BCUT2D eigenvalue weighted by Crippen LogP contribution is 2.39. The quantitative estimate of drug-likeness (QED) is 0.618. The van der Waals surface area contributed by atoms with Gasteiger partial charge in [-0.3, -0.25) is 0 Å². The first-order valence-electron chi connectivity index (χ1n) is 7.99. The van der Waals surface area contributed by atoms with Crippen molar-refractivity contribution in [3.05, 3.63) is 71.6 Å². The molecule has 2 aromatic carbocycles. The van der Waals surface area contributed by atoms with Gasteiger partial charge in [0.15, 0.2) is 5.75 Å². The lowest BCUT2D eigenvalue weighted by molar-refractivity contribution is 0.483. The van der Waals surface area contributed by atoms with E-state index < -0.39 is 16.0 Å². The van der Waals surface area contributed by atoms with Gasteiger partial charge in [-0.05, 0) is 36.4 Å². The number of rotatable bonds is 3. The van der Waals surface area contributed by atoms with E-state index in [0.717, 1.165) is 0 Å². The summed E-state index contributed by atoms with van der Waals surface area (Å²) in [7, 11) is -4.02. The second-order valence-corrected chi connectivity index (χ2v) is 7.65. The Hall–Kier alpha value is -3.17. The molecule has 1 aromatic heterocycles. The van der Waals surface area contributed by atoms with E-state index in [-0.39, 0.29) is 28.1 Å². The van der Waals surface area contributed by atoms with Crippen molar-refractivity contribution in [3.63, 3.8) is 0 Å². The summed E-state index contributed by atoms with van der Waals surface area (Å²) in [6.45, 7) is 0. The molecule has 0 fully saturated rings. The third kappa shape index (κ3) is 3.62. The summed E-state index contributed by atoms with van der Waals surface area (Å²) in [4.78, 5) is 3.57. The number of sulfonamides is 1. The zero-order chi connectivity index (χ0) is 19.7. The minimum atomic E-state index is -4.02. The van der Waals surface area contributed by atoms with Gasteiger partial charge in [-0.2, -0.15) is 12.8 Å². The molecule has 10 heteroatoms. The standard InChI is InChI=1S/C18H12ClFN4O3S/c19-11-5-1-2-6-12(11)27-13-7-3-8-14-17(13)23-18(24-28(14,25)26)22-16-10-4-9-15(20)21-16/h1-10H,(H2,21,22,23,24). The Balaban J connectivity index is 1.71. The number of nitrogens with one attached hydrogen (secondary N) is 2. The molecule has 0 saturated heterocycles. The Morgan fingerprint density at radius 3 is 2.54 bits per heavy atom. The van der Waals surface area contributed by atoms with Crippen LogP contribution in [-0.4, -0.2) is 19.4 Å². The van der Waals surface area contributed by atoms with Crippen molar-refractivity contribution < 1.29 is 17.5 Å². The minimum Gasteiger partial charge on any atom is -0.454 e. The van der Waals surface area contributed by atoms with Crippen LogP contribution in [0.3, 0.4) is 0 Å². The van der Waals surface area contributed by atoms with Gasteiger partial charge in [-0.1, -0.05) is 35.9 Å². The van der Waals surface area contributed by atoms with Gasteiger partial charge < -0.3 is 15.4 Å². The summed E-state index contributed by atoms with van der Waals surface area (Å²) in [5, 5.41) is 5.88. The molecule has 2 heterocycles. The maximum atomic E-state index is 13.3. The van der Waals surface area contributed by atoms with Crippen molar-refractivity contribution in [2.24, 2.45) is 4.40 Å². The zero-order valence-electron chi connectivity index (χ0n) is 14.1. The monoisotopic (exact) mass is 418 g/mol. The van der Waals surface area contributed by atoms with E-state index in [1.165, 1.54) is 30.3 Å². The lowest BCUT2D eigenvalue weighted by Gasteiger charge is -2.21. The number of nitrogens with zero attached hydrogens (tertiary/aromatic N) is 2. The van der Waals surface area contributed by atoms with Crippen molar-refractivity contribution in [2.45, 2.75) is 4.90 Å². The fourth-order valence-electron chi connectivity index (χ4n) is 2.54. The Morgan fingerprint density at radius 2 is 1.75 bits per heavy atom. The van der Waals surface area contributed by atoms with E-state index in [0.29, 0.717) is 10.8 Å². The van der Waals surface area contributed by atoms with Crippen molar-refractivity contribution in [3.8, 4) is 11.5 Å². The number of halogens is 2. The van der Waals surface area contributed by atoms with Crippen LogP contribution in [-0.2, 0) is 10.0 Å². The highest BCUT2D eigenvalue weighted by atomic mass is 35.5. The molecule has 3 aromatic rings. The third-order valence-electron chi connectivity index (χ3n) is 3.74. The van der Waals surface area contributed by atoms with E-state index >= 15 is 0 Å². The normalized spacial score (nSPS) is 14.4. The van der Waals surface area contributed by atoms with Crippen LogP contribution in [0.2, 0.25) is 5.02 Å². The van der Waals surface area contributed by atoms with E-state index in [1.807, 2.05) is 0 Å². The van der Waals surface area contributed by atoms with Gasteiger partial charge in [-0.15, -0.1) is 4.40 Å². The molecular weight excluding hydrogens is 407 g/mol. The van der Waals surface area contributed by atoms with Gasteiger partial charge in [0.05, 0.1) is 5.02 Å². The Bertz CT molecular complexity index is 1200. The van der Waals surface area contributed by atoms with Gasteiger partial charge in [0.25, 0.3) is 10.0 Å². The molecule has 4 rings (SSSR count). The van der Waals surface area contributed by atoms with Crippen molar-refractivity contribution in [1.29, 1.82) is 0 Å². The molecule has 28 heavy (non-hydrogen) atoms. The predicted octanol–water partition coefficient (Wildman–Crippen LogP) is 4.25. The fourth-order valence-corrected chi connectivity index (χ4v) is 3.81. The van der Waals surface area contributed by atoms with Gasteiger partial charge in [0.2, 0.25) is 11.9 Å². The molecule has 0 spiro atoms. The van der Waals surface area contributed by atoms with Crippen molar-refractivity contribution >= 4 is 39.1 Å². The smallest absolute Gasteiger partial charge is 0.287 e.